The van der Waals surface area contributed by atoms with E-state index in [0.29, 0.717) is 22.1 Å². The molecule has 94 valence electrons. The van der Waals surface area contributed by atoms with Crippen molar-refractivity contribution in [3.63, 3.8) is 0 Å². The van der Waals surface area contributed by atoms with Crippen LogP contribution in [0.2, 0.25) is 5.02 Å². The van der Waals surface area contributed by atoms with E-state index in [4.69, 9.17) is 22.1 Å². The Balaban J connectivity index is 2.40. The van der Waals surface area contributed by atoms with Crippen LogP contribution in [-0.4, -0.2) is 0 Å². The molecule has 2 aromatic carbocycles. The van der Waals surface area contributed by atoms with Crippen LogP contribution in [0.1, 0.15) is 5.56 Å². The molecule has 2 aromatic rings. The second-order valence-electron chi connectivity index (χ2n) is 3.60. The Hall–Kier alpha value is -1.10. The zero-order valence-electron chi connectivity index (χ0n) is 9.29. The summed E-state index contributed by atoms with van der Waals surface area (Å²) in [5.41, 5.74) is 5.84. The summed E-state index contributed by atoms with van der Waals surface area (Å²) in [5, 5.41) is 0.449. The van der Waals surface area contributed by atoms with Crippen LogP contribution in [0.3, 0.4) is 0 Å². The van der Waals surface area contributed by atoms with Crippen molar-refractivity contribution in [2.45, 2.75) is 6.54 Å². The number of nitrogens with two attached hydrogens (primary N) is 1. The molecule has 2 rings (SSSR count). The maximum atomic E-state index is 13.5. The minimum Gasteiger partial charge on any atom is -0.455 e. The van der Waals surface area contributed by atoms with Gasteiger partial charge >= 0.3 is 0 Å². The van der Waals surface area contributed by atoms with E-state index in [2.05, 4.69) is 15.9 Å². The summed E-state index contributed by atoms with van der Waals surface area (Å²) < 4.78 is 20.0. The molecule has 0 amide bonds. The number of hydrogen-bond acceptors (Lipinski definition) is 2. The second-order valence-corrected chi connectivity index (χ2v) is 4.92. The molecule has 0 unspecified atom stereocenters. The first-order chi connectivity index (χ1) is 8.61. The average molecular weight is 331 g/mol. The lowest BCUT2D eigenvalue weighted by Gasteiger charge is -2.12. The minimum absolute atomic E-state index is 0.0631. The van der Waals surface area contributed by atoms with Crippen molar-refractivity contribution < 1.29 is 9.13 Å². The number of ether oxygens (including phenoxy) is 1. The molecule has 0 aliphatic heterocycles. The van der Waals surface area contributed by atoms with Gasteiger partial charge in [0.25, 0.3) is 0 Å². The van der Waals surface area contributed by atoms with E-state index in [1.807, 2.05) is 0 Å². The van der Waals surface area contributed by atoms with Gasteiger partial charge in [-0.1, -0.05) is 33.6 Å². The van der Waals surface area contributed by atoms with Crippen LogP contribution in [0.25, 0.3) is 0 Å². The summed E-state index contributed by atoms with van der Waals surface area (Å²) in [6, 6.07) is 9.77. The van der Waals surface area contributed by atoms with Gasteiger partial charge in [-0.3, -0.25) is 0 Å². The molecule has 0 bridgehead atoms. The molecule has 2 N–H and O–H groups in total. The highest BCUT2D eigenvalue weighted by Crippen LogP contribution is 2.33. The fourth-order valence-electron chi connectivity index (χ4n) is 1.51. The van der Waals surface area contributed by atoms with Crippen molar-refractivity contribution in [1.82, 2.24) is 0 Å². The van der Waals surface area contributed by atoms with Crippen molar-refractivity contribution in [3.8, 4) is 11.5 Å². The normalized spacial score (nSPS) is 10.4. The lowest BCUT2D eigenvalue weighted by molar-refractivity contribution is 0.467. The summed E-state index contributed by atoms with van der Waals surface area (Å²) >= 11 is 9.33. The van der Waals surface area contributed by atoms with E-state index in [9.17, 15) is 4.39 Å². The smallest absolute Gasteiger partial charge is 0.147 e. The Morgan fingerprint density at radius 2 is 2.00 bits per heavy atom. The third-order valence-corrected chi connectivity index (χ3v) is 3.20. The lowest BCUT2D eigenvalue weighted by atomic mass is 10.2. The lowest BCUT2D eigenvalue weighted by Crippen LogP contribution is -2.02. The maximum absolute atomic E-state index is 13.5. The average Bonchev–Trinajstić information content (AvgIpc) is 2.34. The molecule has 0 saturated carbocycles. The Kier molecular flexibility index (Phi) is 4.22. The Morgan fingerprint density at radius 3 is 2.72 bits per heavy atom. The summed E-state index contributed by atoms with van der Waals surface area (Å²) in [4.78, 5) is 0. The molecule has 18 heavy (non-hydrogen) atoms. The first-order valence-electron chi connectivity index (χ1n) is 5.22. The van der Waals surface area contributed by atoms with Crippen molar-refractivity contribution in [1.29, 1.82) is 0 Å². The molecule has 0 aromatic heterocycles. The number of hydrogen-bond donors (Lipinski definition) is 1. The fraction of sp³-hybridized carbons (Fsp3) is 0.0769. The van der Waals surface area contributed by atoms with Gasteiger partial charge in [-0.05, 0) is 30.3 Å². The van der Waals surface area contributed by atoms with Gasteiger partial charge in [0.15, 0.2) is 0 Å². The van der Waals surface area contributed by atoms with Crippen molar-refractivity contribution >= 4 is 27.5 Å². The molecule has 2 nitrogen and oxygen atoms in total. The molecule has 0 heterocycles. The topological polar surface area (TPSA) is 35.2 Å². The highest BCUT2D eigenvalue weighted by molar-refractivity contribution is 9.10. The van der Waals surface area contributed by atoms with Crippen LogP contribution in [0.5, 0.6) is 11.5 Å². The molecule has 0 radical (unpaired) electrons. The third kappa shape index (κ3) is 2.83. The van der Waals surface area contributed by atoms with E-state index in [0.717, 1.165) is 4.47 Å². The Morgan fingerprint density at radius 1 is 1.22 bits per heavy atom. The van der Waals surface area contributed by atoms with Crippen LogP contribution >= 0.6 is 27.5 Å². The van der Waals surface area contributed by atoms with Gasteiger partial charge in [-0.15, -0.1) is 0 Å². The molecule has 0 fully saturated rings. The zero-order chi connectivity index (χ0) is 13.1. The monoisotopic (exact) mass is 329 g/mol. The number of halogens is 3. The van der Waals surface area contributed by atoms with Gasteiger partial charge in [0.1, 0.15) is 17.3 Å². The maximum Gasteiger partial charge on any atom is 0.147 e. The molecular weight excluding hydrogens is 321 g/mol. The van der Waals surface area contributed by atoms with Crippen molar-refractivity contribution in [3.05, 3.63) is 57.3 Å². The Bertz CT molecular complexity index is 577. The zero-order valence-corrected chi connectivity index (χ0v) is 11.6. The molecule has 5 heteroatoms. The Labute approximate surface area is 118 Å². The van der Waals surface area contributed by atoms with Gasteiger partial charge in [0.05, 0.1) is 5.02 Å². The first-order valence-corrected chi connectivity index (χ1v) is 6.39. The van der Waals surface area contributed by atoms with Crippen LogP contribution in [0, 0.1) is 5.82 Å². The van der Waals surface area contributed by atoms with E-state index in [-0.39, 0.29) is 12.4 Å². The summed E-state index contributed by atoms with van der Waals surface area (Å²) in [6.07, 6.45) is 0. The van der Waals surface area contributed by atoms with Crippen molar-refractivity contribution in [2.24, 2.45) is 5.73 Å². The third-order valence-electron chi connectivity index (χ3n) is 2.39. The SMILES string of the molecule is NCc1c(F)cccc1Oc1cc(Br)ccc1Cl. The first kappa shape index (κ1) is 13.3. The highest BCUT2D eigenvalue weighted by Gasteiger charge is 2.10. The quantitative estimate of drug-likeness (QED) is 0.899. The van der Waals surface area contributed by atoms with Gasteiger partial charge < -0.3 is 10.5 Å². The predicted molar refractivity (Wildman–Crippen MR) is 73.5 cm³/mol. The number of rotatable bonds is 3. The second kappa shape index (κ2) is 5.69. The van der Waals surface area contributed by atoms with Gasteiger partial charge in [0, 0.05) is 16.6 Å². The van der Waals surface area contributed by atoms with E-state index in [1.165, 1.54) is 6.07 Å². The molecule has 0 spiro atoms. The molecular formula is C13H10BrClFNO. The van der Waals surface area contributed by atoms with Crippen LogP contribution in [0.15, 0.2) is 40.9 Å². The van der Waals surface area contributed by atoms with Crippen LogP contribution in [0.4, 0.5) is 4.39 Å². The van der Waals surface area contributed by atoms with Crippen molar-refractivity contribution in [2.75, 3.05) is 0 Å². The summed E-state index contributed by atoms with van der Waals surface area (Å²) in [6.45, 7) is 0.0631. The van der Waals surface area contributed by atoms with Crippen LogP contribution < -0.4 is 10.5 Å². The highest BCUT2D eigenvalue weighted by atomic mass is 79.9. The van der Waals surface area contributed by atoms with E-state index < -0.39 is 0 Å². The molecule has 0 saturated heterocycles. The molecule has 0 atom stereocenters. The summed E-state index contributed by atoms with van der Waals surface area (Å²) in [7, 11) is 0. The van der Waals surface area contributed by atoms with Crippen LogP contribution in [-0.2, 0) is 6.54 Å². The molecule has 0 aliphatic rings. The number of benzene rings is 2. The van der Waals surface area contributed by atoms with E-state index >= 15 is 0 Å². The van der Waals surface area contributed by atoms with Gasteiger partial charge in [-0.25, -0.2) is 4.39 Å². The fourth-order valence-corrected chi connectivity index (χ4v) is 2.00. The predicted octanol–water partition coefficient (Wildman–Crippen LogP) is 4.49. The molecule has 0 aliphatic carbocycles. The van der Waals surface area contributed by atoms with Gasteiger partial charge in [-0.2, -0.15) is 0 Å². The van der Waals surface area contributed by atoms with Gasteiger partial charge in [0.2, 0.25) is 0 Å². The van der Waals surface area contributed by atoms with E-state index in [1.54, 1.807) is 30.3 Å². The largest absolute Gasteiger partial charge is 0.455 e. The summed E-state index contributed by atoms with van der Waals surface area (Å²) in [5.74, 6) is 0.435. The standard InChI is InChI=1S/C13H10BrClFNO/c14-8-4-5-10(15)13(6-8)18-12-3-1-2-11(16)9(12)7-17/h1-6H,7,17H2. The minimum atomic E-state index is -0.388.